The summed E-state index contributed by atoms with van der Waals surface area (Å²) in [5, 5.41) is 9.66. The third kappa shape index (κ3) is 5.79. The Balaban J connectivity index is 1.29. The van der Waals surface area contributed by atoms with Gasteiger partial charge in [-0.3, -0.25) is 9.80 Å². The Kier molecular flexibility index (Phi) is 7.84. The molecular weight excluding hydrogens is 386 g/mol. The van der Waals surface area contributed by atoms with Crippen LogP contribution >= 0.6 is 0 Å². The van der Waals surface area contributed by atoms with Gasteiger partial charge in [0.2, 0.25) is 0 Å². The van der Waals surface area contributed by atoms with Crippen molar-refractivity contribution in [3.05, 3.63) is 60.2 Å². The van der Waals surface area contributed by atoms with Crippen LogP contribution < -0.4 is 9.64 Å². The van der Waals surface area contributed by atoms with Gasteiger partial charge in [0.15, 0.2) is 0 Å². The number of hydrogen-bond donors (Lipinski definition) is 1. The molecule has 2 aliphatic rings. The fourth-order valence-corrected chi connectivity index (χ4v) is 5.18. The molecule has 5 nitrogen and oxygen atoms in total. The van der Waals surface area contributed by atoms with E-state index in [9.17, 15) is 5.11 Å². The van der Waals surface area contributed by atoms with Crippen LogP contribution in [0.3, 0.4) is 0 Å². The van der Waals surface area contributed by atoms with Gasteiger partial charge >= 0.3 is 0 Å². The van der Waals surface area contributed by atoms with Gasteiger partial charge in [0.25, 0.3) is 0 Å². The van der Waals surface area contributed by atoms with E-state index in [1.54, 1.807) is 7.11 Å². The van der Waals surface area contributed by atoms with Gasteiger partial charge in [0.1, 0.15) is 5.75 Å². The van der Waals surface area contributed by atoms with E-state index in [0.717, 1.165) is 57.9 Å². The van der Waals surface area contributed by atoms with Crippen molar-refractivity contribution in [1.82, 2.24) is 9.80 Å². The van der Waals surface area contributed by atoms with E-state index in [2.05, 4.69) is 63.2 Å². The van der Waals surface area contributed by atoms with E-state index >= 15 is 0 Å². The summed E-state index contributed by atoms with van der Waals surface area (Å²) in [6.45, 7) is 6.87. The van der Waals surface area contributed by atoms with Crippen LogP contribution in [0.5, 0.6) is 5.75 Å². The summed E-state index contributed by atoms with van der Waals surface area (Å²) in [6.07, 6.45) is 4.36. The minimum absolute atomic E-state index is 0.272. The third-order valence-electron chi connectivity index (χ3n) is 7.03. The topological polar surface area (TPSA) is 39.2 Å². The first kappa shape index (κ1) is 22.1. The monoisotopic (exact) mass is 423 g/mol. The maximum absolute atomic E-state index is 9.66. The van der Waals surface area contributed by atoms with Crippen molar-refractivity contribution in [2.75, 3.05) is 57.9 Å². The van der Waals surface area contributed by atoms with Gasteiger partial charge in [-0.25, -0.2) is 0 Å². The average molecular weight is 424 g/mol. The van der Waals surface area contributed by atoms with Crippen LogP contribution in [-0.4, -0.2) is 80.0 Å². The van der Waals surface area contributed by atoms with E-state index in [1.807, 2.05) is 6.07 Å². The second-order valence-electron chi connectivity index (χ2n) is 8.85. The Hall–Kier alpha value is -2.08. The fourth-order valence-electron chi connectivity index (χ4n) is 5.18. The second kappa shape index (κ2) is 11.0. The predicted molar refractivity (Wildman–Crippen MR) is 127 cm³/mol. The highest BCUT2D eigenvalue weighted by atomic mass is 16.5. The Morgan fingerprint density at radius 3 is 2.52 bits per heavy atom. The number of benzene rings is 2. The summed E-state index contributed by atoms with van der Waals surface area (Å²) in [6, 6.07) is 20.3. The van der Waals surface area contributed by atoms with E-state index in [0.29, 0.717) is 12.1 Å². The number of piperidine rings is 1. The first-order valence-corrected chi connectivity index (χ1v) is 11.8. The van der Waals surface area contributed by atoms with Gasteiger partial charge in [-0.05, 0) is 43.4 Å². The molecule has 2 aliphatic heterocycles. The van der Waals surface area contributed by atoms with Crippen LogP contribution in [0.1, 0.15) is 24.8 Å². The predicted octanol–water partition coefficient (Wildman–Crippen LogP) is 3.28. The molecule has 0 aromatic heterocycles. The summed E-state index contributed by atoms with van der Waals surface area (Å²) in [5.41, 5.74) is 2.67. The zero-order valence-corrected chi connectivity index (χ0v) is 18.8. The van der Waals surface area contributed by atoms with E-state index < -0.39 is 0 Å². The largest absolute Gasteiger partial charge is 0.497 e. The van der Waals surface area contributed by atoms with Crippen molar-refractivity contribution in [2.24, 2.45) is 0 Å². The number of aliphatic hydroxyl groups excluding tert-OH is 1. The number of rotatable bonds is 8. The SMILES string of the molecule is COc1cccc(N2CCC(N3CCN(CCc4ccccc4)[C@H](CCO)C3)CC2)c1. The van der Waals surface area contributed by atoms with Crippen molar-refractivity contribution in [3.8, 4) is 5.75 Å². The van der Waals surface area contributed by atoms with Gasteiger partial charge in [-0.1, -0.05) is 36.4 Å². The lowest BCUT2D eigenvalue weighted by Crippen LogP contribution is -2.58. The molecule has 2 aromatic carbocycles. The van der Waals surface area contributed by atoms with Gasteiger partial charge in [-0.2, -0.15) is 0 Å². The first-order valence-electron chi connectivity index (χ1n) is 11.8. The van der Waals surface area contributed by atoms with Crippen molar-refractivity contribution in [2.45, 2.75) is 37.8 Å². The molecule has 2 saturated heterocycles. The molecule has 4 rings (SSSR count). The molecule has 31 heavy (non-hydrogen) atoms. The van der Waals surface area contributed by atoms with Crippen molar-refractivity contribution in [3.63, 3.8) is 0 Å². The van der Waals surface area contributed by atoms with Crippen LogP contribution in [0.25, 0.3) is 0 Å². The zero-order valence-electron chi connectivity index (χ0n) is 18.8. The summed E-state index contributed by atoms with van der Waals surface area (Å²) >= 11 is 0. The van der Waals surface area contributed by atoms with Crippen LogP contribution in [0.15, 0.2) is 54.6 Å². The molecule has 0 amide bonds. The summed E-state index contributed by atoms with van der Waals surface area (Å²) in [4.78, 5) is 7.79. The highest BCUT2D eigenvalue weighted by Crippen LogP contribution is 2.27. The maximum Gasteiger partial charge on any atom is 0.120 e. The highest BCUT2D eigenvalue weighted by molar-refractivity contribution is 5.51. The Morgan fingerprint density at radius 1 is 0.968 bits per heavy atom. The molecule has 168 valence electrons. The molecule has 2 fully saturated rings. The Morgan fingerprint density at radius 2 is 1.77 bits per heavy atom. The fraction of sp³-hybridized carbons (Fsp3) is 0.538. The lowest BCUT2D eigenvalue weighted by atomic mass is 9.99. The number of methoxy groups -OCH3 is 1. The standard InChI is InChI=1S/C26H37N3O2/c1-31-26-9-5-8-24(20-26)27-15-11-23(12-16-27)29-18-17-28(25(21-29)13-19-30)14-10-22-6-3-2-4-7-22/h2-9,20,23,25,30H,10-19,21H2,1H3/t25-/m1/s1. The summed E-state index contributed by atoms with van der Waals surface area (Å²) in [5.74, 6) is 0.929. The molecule has 0 spiro atoms. The number of anilines is 1. The quantitative estimate of drug-likeness (QED) is 0.706. The molecule has 0 aliphatic carbocycles. The minimum Gasteiger partial charge on any atom is -0.497 e. The second-order valence-corrected chi connectivity index (χ2v) is 8.85. The van der Waals surface area contributed by atoms with Crippen molar-refractivity contribution >= 4 is 5.69 Å². The smallest absolute Gasteiger partial charge is 0.120 e. The summed E-state index contributed by atoms with van der Waals surface area (Å²) < 4.78 is 5.39. The number of nitrogens with zero attached hydrogens (tertiary/aromatic N) is 3. The Bertz CT molecular complexity index is 792. The molecule has 2 aromatic rings. The molecule has 1 N–H and O–H groups in total. The maximum atomic E-state index is 9.66. The third-order valence-corrected chi connectivity index (χ3v) is 7.03. The van der Waals surface area contributed by atoms with Crippen LogP contribution in [0.2, 0.25) is 0 Å². The number of hydrogen-bond acceptors (Lipinski definition) is 5. The molecule has 0 radical (unpaired) electrons. The molecule has 5 heteroatoms. The van der Waals surface area contributed by atoms with E-state index in [4.69, 9.17) is 4.74 Å². The lowest BCUT2D eigenvalue weighted by Gasteiger charge is -2.47. The molecule has 0 saturated carbocycles. The Labute approximate surface area is 187 Å². The van der Waals surface area contributed by atoms with E-state index in [-0.39, 0.29) is 6.61 Å². The minimum atomic E-state index is 0.272. The lowest BCUT2D eigenvalue weighted by molar-refractivity contribution is 0.0305. The van der Waals surface area contributed by atoms with Gasteiger partial charge in [0, 0.05) is 69.7 Å². The molecule has 2 heterocycles. The molecule has 0 unspecified atom stereocenters. The van der Waals surface area contributed by atoms with E-state index in [1.165, 1.54) is 24.1 Å². The van der Waals surface area contributed by atoms with Gasteiger partial charge in [0.05, 0.1) is 7.11 Å². The summed E-state index contributed by atoms with van der Waals surface area (Å²) in [7, 11) is 1.73. The number of aliphatic hydroxyl groups is 1. The molecular formula is C26H37N3O2. The normalized spacial score (nSPS) is 21.4. The van der Waals surface area contributed by atoms with Gasteiger partial charge < -0.3 is 14.7 Å². The van der Waals surface area contributed by atoms with Gasteiger partial charge in [-0.15, -0.1) is 0 Å². The number of ether oxygens (including phenoxy) is 1. The first-order chi connectivity index (χ1) is 15.3. The van der Waals surface area contributed by atoms with Crippen molar-refractivity contribution in [1.29, 1.82) is 0 Å². The highest BCUT2D eigenvalue weighted by Gasteiger charge is 2.32. The zero-order chi connectivity index (χ0) is 21.5. The average Bonchev–Trinajstić information content (AvgIpc) is 2.84. The van der Waals surface area contributed by atoms with Crippen LogP contribution in [0, 0.1) is 0 Å². The molecule has 1 atom stereocenters. The molecule has 0 bridgehead atoms. The number of piperazine rings is 1. The van der Waals surface area contributed by atoms with Crippen LogP contribution in [0.4, 0.5) is 5.69 Å². The van der Waals surface area contributed by atoms with Crippen molar-refractivity contribution < 1.29 is 9.84 Å². The van der Waals surface area contributed by atoms with Crippen LogP contribution in [-0.2, 0) is 6.42 Å².